The smallest absolute Gasteiger partial charge is 0.497 e. The van der Waals surface area contributed by atoms with Crippen LogP contribution in [-0.2, 0) is 0 Å². The van der Waals surface area contributed by atoms with Crippen molar-refractivity contribution in [1.29, 1.82) is 0 Å². The molecule has 3 nitrogen and oxygen atoms in total. The van der Waals surface area contributed by atoms with E-state index in [0.717, 1.165) is 11.1 Å². The summed E-state index contributed by atoms with van der Waals surface area (Å²) in [6.45, 7) is 0. The first-order valence-electron chi connectivity index (χ1n) is 6.00. The van der Waals surface area contributed by atoms with Crippen LogP contribution >= 0.6 is 0 Å². The van der Waals surface area contributed by atoms with Crippen LogP contribution in [0.2, 0.25) is 0 Å². The molecule has 2 aromatic rings. The average Bonchev–Trinajstić information content (AvgIpc) is 2.45. The van der Waals surface area contributed by atoms with Crippen LogP contribution in [0.25, 0.3) is 11.1 Å². The largest absolute Gasteiger partial charge is 0.573 e. The Morgan fingerprint density at radius 3 is 1.67 bits per heavy atom. The summed E-state index contributed by atoms with van der Waals surface area (Å²) in [4.78, 5) is 0. The predicted octanol–water partition coefficient (Wildman–Crippen LogP) is 4.27. The molecule has 0 N–H and O–H groups in total. The van der Waals surface area contributed by atoms with E-state index in [1.165, 1.54) is 38.5 Å². The van der Waals surface area contributed by atoms with Crippen molar-refractivity contribution in [2.75, 3.05) is 14.2 Å². The van der Waals surface area contributed by atoms with Crippen molar-refractivity contribution < 1.29 is 27.4 Å². The lowest BCUT2D eigenvalue weighted by molar-refractivity contribution is -0.274. The van der Waals surface area contributed by atoms with Gasteiger partial charge in [-0.1, -0.05) is 12.1 Å². The van der Waals surface area contributed by atoms with E-state index in [4.69, 9.17) is 9.47 Å². The fourth-order valence-corrected chi connectivity index (χ4v) is 1.82. The van der Waals surface area contributed by atoms with E-state index < -0.39 is 6.36 Å². The minimum absolute atomic E-state index is 0.263. The van der Waals surface area contributed by atoms with Gasteiger partial charge >= 0.3 is 6.36 Å². The number of ether oxygens (including phenoxy) is 3. The normalized spacial score (nSPS) is 11.1. The van der Waals surface area contributed by atoms with E-state index in [0.29, 0.717) is 11.5 Å². The average molecular weight is 298 g/mol. The van der Waals surface area contributed by atoms with E-state index >= 15 is 0 Å². The zero-order valence-corrected chi connectivity index (χ0v) is 11.4. The van der Waals surface area contributed by atoms with Crippen molar-refractivity contribution in [3.8, 4) is 28.4 Å². The first-order chi connectivity index (χ1) is 9.91. The number of rotatable bonds is 4. The molecule has 0 aliphatic carbocycles. The SMILES string of the molecule is COc1cc(OC)cc(-c2ccc(OC(F)(F)F)cc2)c1. The molecule has 0 amide bonds. The highest BCUT2D eigenvalue weighted by Crippen LogP contribution is 2.31. The van der Waals surface area contributed by atoms with Crippen LogP contribution in [0.1, 0.15) is 0 Å². The van der Waals surface area contributed by atoms with Gasteiger partial charge in [-0.15, -0.1) is 13.2 Å². The van der Waals surface area contributed by atoms with Crippen molar-refractivity contribution in [3.63, 3.8) is 0 Å². The van der Waals surface area contributed by atoms with Crippen molar-refractivity contribution in [3.05, 3.63) is 42.5 Å². The molecular weight excluding hydrogens is 285 g/mol. The Bertz CT molecular complexity index is 584. The molecule has 0 heterocycles. The number of hydrogen-bond acceptors (Lipinski definition) is 3. The van der Waals surface area contributed by atoms with Gasteiger partial charge in [0.2, 0.25) is 0 Å². The Hall–Kier alpha value is -2.37. The van der Waals surface area contributed by atoms with Gasteiger partial charge in [-0.25, -0.2) is 0 Å². The third kappa shape index (κ3) is 4.05. The van der Waals surface area contributed by atoms with Crippen molar-refractivity contribution >= 4 is 0 Å². The standard InChI is InChI=1S/C15H13F3O3/c1-19-13-7-11(8-14(9-13)20-2)10-3-5-12(6-4-10)21-15(16,17)18/h3-9H,1-2H3. The van der Waals surface area contributed by atoms with E-state index in [1.54, 1.807) is 18.2 Å². The maximum absolute atomic E-state index is 12.1. The van der Waals surface area contributed by atoms with Gasteiger partial charge in [-0.2, -0.15) is 0 Å². The van der Waals surface area contributed by atoms with Gasteiger partial charge < -0.3 is 14.2 Å². The fraction of sp³-hybridized carbons (Fsp3) is 0.200. The molecule has 0 saturated heterocycles. The number of hydrogen-bond donors (Lipinski definition) is 0. The monoisotopic (exact) mass is 298 g/mol. The van der Waals surface area contributed by atoms with E-state index in [9.17, 15) is 13.2 Å². The number of methoxy groups -OCH3 is 2. The molecule has 2 rings (SSSR count). The van der Waals surface area contributed by atoms with Crippen LogP contribution in [-0.4, -0.2) is 20.6 Å². The Labute approximate surface area is 119 Å². The van der Waals surface area contributed by atoms with Crippen molar-refractivity contribution in [2.45, 2.75) is 6.36 Å². The Balaban J connectivity index is 2.30. The van der Waals surface area contributed by atoms with Crippen LogP contribution in [0.3, 0.4) is 0 Å². The number of benzene rings is 2. The third-order valence-corrected chi connectivity index (χ3v) is 2.77. The molecule has 0 atom stereocenters. The maximum atomic E-state index is 12.1. The summed E-state index contributed by atoms with van der Waals surface area (Å²) in [5.74, 6) is 0.932. The molecular formula is C15H13F3O3. The third-order valence-electron chi connectivity index (χ3n) is 2.77. The lowest BCUT2D eigenvalue weighted by Crippen LogP contribution is -2.16. The van der Waals surface area contributed by atoms with Crippen LogP contribution < -0.4 is 14.2 Å². The predicted molar refractivity (Wildman–Crippen MR) is 71.7 cm³/mol. The fourth-order valence-electron chi connectivity index (χ4n) is 1.82. The van der Waals surface area contributed by atoms with Crippen molar-refractivity contribution in [1.82, 2.24) is 0 Å². The molecule has 0 radical (unpaired) electrons. The van der Waals surface area contributed by atoms with Crippen LogP contribution in [0.4, 0.5) is 13.2 Å². The van der Waals surface area contributed by atoms with Gasteiger partial charge in [-0.05, 0) is 35.4 Å². The molecule has 112 valence electrons. The molecule has 6 heteroatoms. The van der Waals surface area contributed by atoms with Gasteiger partial charge in [0.1, 0.15) is 17.2 Å². The summed E-state index contributed by atoms with van der Waals surface area (Å²) in [7, 11) is 3.05. The van der Waals surface area contributed by atoms with Gasteiger partial charge in [0, 0.05) is 6.07 Å². The topological polar surface area (TPSA) is 27.7 Å². The van der Waals surface area contributed by atoms with Gasteiger partial charge in [0.15, 0.2) is 0 Å². The molecule has 0 unspecified atom stereocenters. The van der Waals surface area contributed by atoms with Crippen molar-refractivity contribution in [2.24, 2.45) is 0 Å². The minimum atomic E-state index is -4.69. The molecule has 0 aromatic heterocycles. The highest BCUT2D eigenvalue weighted by Gasteiger charge is 2.30. The molecule has 2 aromatic carbocycles. The Morgan fingerprint density at radius 2 is 1.24 bits per heavy atom. The summed E-state index contributed by atoms with van der Waals surface area (Å²) < 4.78 is 50.5. The quantitative estimate of drug-likeness (QED) is 0.843. The second-order valence-corrected chi connectivity index (χ2v) is 4.17. The number of halogens is 3. The second-order valence-electron chi connectivity index (χ2n) is 4.17. The first-order valence-corrected chi connectivity index (χ1v) is 6.00. The Morgan fingerprint density at radius 1 is 0.714 bits per heavy atom. The lowest BCUT2D eigenvalue weighted by Gasteiger charge is -2.11. The summed E-state index contributed by atoms with van der Waals surface area (Å²) in [5.41, 5.74) is 1.49. The molecule has 0 bridgehead atoms. The summed E-state index contributed by atoms with van der Waals surface area (Å²) in [6.07, 6.45) is -4.69. The molecule has 0 aliphatic rings. The van der Waals surface area contributed by atoms with Crippen LogP contribution in [0, 0.1) is 0 Å². The van der Waals surface area contributed by atoms with E-state index in [-0.39, 0.29) is 5.75 Å². The molecule has 0 spiro atoms. The van der Waals surface area contributed by atoms with E-state index in [2.05, 4.69) is 4.74 Å². The van der Waals surface area contributed by atoms with Gasteiger partial charge in [0.25, 0.3) is 0 Å². The van der Waals surface area contributed by atoms with Gasteiger partial charge in [0.05, 0.1) is 14.2 Å². The second kappa shape index (κ2) is 5.95. The maximum Gasteiger partial charge on any atom is 0.573 e. The van der Waals surface area contributed by atoms with Gasteiger partial charge in [-0.3, -0.25) is 0 Å². The Kier molecular flexibility index (Phi) is 4.26. The summed E-state index contributed by atoms with van der Waals surface area (Å²) >= 11 is 0. The highest BCUT2D eigenvalue weighted by molar-refractivity contribution is 5.67. The summed E-state index contributed by atoms with van der Waals surface area (Å²) in [6, 6.07) is 10.8. The van der Waals surface area contributed by atoms with Crippen LogP contribution in [0.5, 0.6) is 17.2 Å². The first kappa shape index (κ1) is 15.0. The zero-order chi connectivity index (χ0) is 15.5. The molecule has 21 heavy (non-hydrogen) atoms. The molecule has 0 aliphatic heterocycles. The highest BCUT2D eigenvalue weighted by atomic mass is 19.4. The minimum Gasteiger partial charge on any atom is -0.497 e. The lowest BCUT2D eigenvalue weighted by atomic mass is 10.0. The molecule has 0 fully saturated rings. The summed E-state index contributed by atoms with van der Waals surface area (Å²) in [5, 5.41) is 0. The van der Waals surface area contributed by atoms with E-state index in [1.807, 2.05) is 0 Å². The number of alkyl halides is 3. The molecule has 0 saturated carbocycles. The van der Waals surface area contributed by atoms with Crippen LogP contribution in [0.15, 0.2) is 42.5 Å². The zero-order valence-electron chi connectivity index (χ0n) is 11.4.